The highest BCUT2D eigenvalue weighted by Gasteiger charge is 2.34. The molecule has 5 N–H and O–H groups in total. The van der Waals surface area contributed by atoms with Crippen LogP contribution >= 0.6 is 11.9 Å². The molecule has 13 heteroatoms. The number of carbonyl (C=O) groups is 2. The molecule has 1 heterocycles. The van der Waals surface area contributed by atoms with E-state index in [-0.39, 0.29) is 30.8 Å². The molecule has 216 valence electrons. The minimum atomic E-state index is -4.56. The molecule has 0 radical (unpaired) electrons. The lowest BCUT2D eigenvalue weighted by Crippen LogP contribution is -2.38. The fraction of sp³-hybridized carbons (Fsp3) is 0.370. The van der Waals surface area contributed by atoms with Crippen molar-refractivity contribution in [3.05, 3.63) is 77.3 Å². The third-order valence-electron chi connectivity index (χ3n) is 6.10. The number of benzene rings is 2. The Balaban J connectivity index is 1.76. The van der Waals surface area contributed by atoms with Crippen molar-refractivity contribution in [3.63, 3.8) is 0 Å². The number of para-hydroxylation sites is 1. The lowest BCUT2D eigenvalue weighted by atomic mass is 9.89. The molecule has 0 aliphatic carbocycles. The molecule has 0 aliphatic rings. The first-order valence-electron chi connectivity index (χ1n) is 12.3. The Morgan fingerprint density at radius 3 is 2.40 bits per heavy atom. The predicted octanol–water partition coefficient (Wildman–Crippen LogP) is 5.87. The number of anilines is 2. The van der Waals surface area contributed by atoms with Gasteiger partial charge in [-0.25, -0.2) is 4.72 Å². The fourth-order valence-corrected chi connectivity index (χ4v) is 4.32. The van der Waals surface area contributed by atoms with Gasteiger partial charge in [-0.15, -0.1) is 0 Å². The normalized spacial score (nSPS) is 13.5. The zero-order valence-corrected chi connectivity index (χ0v) is 23.3. The number of aromatic nitrogens is 1. The number of hydrogen-bond acceptors (Lipinski definition) is 8. The maximum atomic E-state index is 13.4. The summed E-state index contributed by atoms with van der Waals surface area (Å²) in [7, 11) is 0. The van der Waals surface area contributed by atoms with E-state index in [1.807, 2.05) is 0 Å². The Hall–Kier alpha value is -3.71. The molecule has 0 saturated heterocycles. The van der Waals surface area contributed by atoms with Gasteiger partial charge < -0.3 is 20.2 Å². The van der Waals surface area contributed by atoms with E-state index < -0.39 is 33.9 Å². The number of halogens is 3. The average Bonchev–Trinajstić information content (AvgIpc) is 3.28. The van der Waals surface area contributed by atoms with E-state index in [4.69, 9.17) is 20.3 Å². The average molecular weight is 580 g/mol. The van der Waals surface area contributed by atoms with Crippen molar-refractivity contribution in [3.8, 4) is 0 Å². The second-order valence-corrected chi connectivity index (χ2v) is 11.2. The van der Waals surface area contributed by atoms with Crippen LogP contribution < -0.4 is 21.5 Å². The van der Waals surface area contributed by atoms with E-state index in [9.17, 15) is 22.8 Å². The molecular formula is C27H32F3N5O4S. The van der Waals surface area contributed by atoms with Crippen LogP contribution in [-0.2, 0) is 27.8 Å². The Labute approximate surface area is 233 Å². The van der Waals surface area contributed by atoms with Crippen LogP contribution in [0.5, 0.6) is 0 Å². The quantitative estimate of drug-likeness (QED) is 0.141. The SMILES string of the molecule is CC(C)(C)C(=O)OCCC(C)(NSC(=O)Nc1cccc(Cn2ccoc2=N)c1N)c1cccc(C(F)(F)F)c1. The number of ether oxygens (including phenoxy) is 1. The van der Waals surface area contributed by atoms with Crippen molar-refractivity contribution in [1.29, 1.82) is 5.41 Å². The number of nitrogens with two attached hydrogens (primary N) is 1. The number of nitrogens with one attached hydrogen (secondary N) is 3. The van der Waals surface area contributed by atoms with Gasteiger partial charge in [-0.1, -0.05) is 24.3 Å². The van der Waals surface area contributed by atoms with Gasteiger partial charge in [-0.2, -0.15) is 13.2 Å². The fourth-order valence-electron chi connectivity index (χ4n) is 3.62. The largest absolute Gasteiger partial charge is 0.465 e. The Bertz CT molecular complexity index is 1410. The topological polar surface area (TPSA) is 135 Å². The maximum absolute atomic E-state index is 13.4. The number of nitrogens with zero attached hydrogens (tertiary/aromatic N) is 1. The van der Waals surface area contributed by atoms with Gasteiger partial charge >= 0.3 is 12.1 Å². The molecule has 0 fully saturated rings. The molecule has 1 amide bonds. The highest BCUT2D eigenvalue weighted by molar-refractivity contribution is 8.12. The van der Waals surface area contributed by atoms with Gasteiger partial charge in [0.2, 0.25) is 0 Å². The molecule has 40 heavy (non-hydrogen) atoms. The number of alkyl halides is 3. The van der Waals surface area contributed by atoms with Gasteiger partial charge in [0.05, 0.1) is 41.0 Å². The van der Waals surface area contributed by atoms with Crippen molar-refractivity contribution >= 4 is 34.5 Å². The monoisotopic (exact) mass is 579 g/mol. The predicted molar refractivity (Wildman–Crippen MR) is 146 cm³/mol. The molecule has 3 aromatic rings. The van der Waals surface area contributed by atoms with Crippen molar-refractivity contribution in [2.75, 3.05) is 17.7 Å². The lowest BCUT2D eigenvalue weighted by Gasteiger charge is -2.31. The standard InChI is InChI=1S/C27H32F3N5O4S/c1-25(2,3)22(36)38-13-11-26(4,18-8-6-9-19(15-18)27(28,29)30)34-40-24(37)33-20-10-5-7-17(21(20)31)16-35-12-14-39-23(35)32/h5-10,12,14-15,32,34H,11,13,16,31H2,1-4H3,(H,33,37). The van der Waals surface area contributed by atoms with Gasteiger partial charge in [0, 0.05) is 24.6 Å². The van der Waals surface area contributed by atoms with E-state index in [2.05, 4.69) is 10.0 Å². The summed E-state index contributed by atoms with van der Waals surface area (Å²) in [4.78, 5) is 25.1. The molecule has 1 aromatic heterocycles. The van der Waals surface area contributed by atoms with Gasteiger partial charge in [0.15, 0.2) is 0 Å². The van der Waals surface area contributed by atoms with E-state index in [0.717, 1.165) is 12.1 Å². The molecule has 0 spiro atoms. The third-order valence-corrected chi connectivity index (χ3v) is 6.94. The van der Waals surface area contributed by atoms with E-state index in [0.29, 0.717) is 28.9 Å². The van der Waals surface area contributed by atoms with E-state index in [1.54, 1.807) is 52.1 Å². The molecule has 3 rings (SSSR count). The van der Waals surface area contributed by atoms with Gasteiger partial charge in [0.25, 0.3) is 10.9 Å². The highest BCUT2D eigenvalue weighted by Crippen LogP contribution is 2.35. The van der Waals surface area contributed by atoms with Crippen LogP contribution in [0.15, 0.2) is 59.3 Å². The minimum absolute atomic E-state index is 0.0596. The maximum Gasteiger partial charge on any atom is 0.416 e. The van der Waals surface area contributed by atoms with E-state index >= 15 is 0 Å². The van der Waals surface area contributed by atoms with Crippen LogP contribution in [0.4, 0.5) is 29.3 Å². The van der Waals surface area contributed by atoms with Crippen molar-refractivity contribution < 1.29 is 31.9 Å². The summed E-state index contributed by atoms with van der Waals surface area (Å²) in [6, 6.07) is 9.83. The molecule has 1 unspecified atom stereocenters. The van der Waals surface area contributed by atoms with Gasteiger partial charge in [-0.3, -0.25) is 19.6 Å². The van der Waals surface area contributed by atoms with Crippen molar-refractivity contribution in [2.24, 2.45) is 5.41 Å². The molecule has 0 aliphatic heterocycles. The minimum Gasteiger partial charge on any atom is -0.465 e. The summed E-state index contributed by atoms with van der Waals surface area (Å²) in [5, 5.41) is 9.88. The number of carbonyl (C=O) groups excluding carboxylic acids is 2. The molecule has 9 nitrogen and oxygen atoms in total. The second-order valence-electron chi connectivity index (χ2n) is 10.4. The molecule has 0 bridgehead atoms. The Morgan fingerprint density at radius 2 is 1.77 bits per heavy atom. The zero-order chi connectivity index (χ0) is 29.7. The number of oxazole rings is 1. The van der Waals surface area contributed by atoms with Crippen LogP contribution in [0.2, 0.25) is 0 Å². The van der Waals surface area contributed by atoms with Crippen LogP contribution in [0.25, 0.3) is 0 Å². The number of hydrogen-bond donors (Lipinski definition) is 4. The Morgan fingerprint density at radius 1 is 1.10 bits per heavy atom. The zero-order valence-electron chi connectivity index (χ0n) is 22.5. The van der Waals surface area contributed by atoms with Gasteiger partial charge in [0.1, 0.15) is 6.26 Å². The first-order valence-corrected chi connectivity index (χ1v) is 13.1. The molecule has 2 aromatic carbocycles. The molecule has 1 atom stereocenters. The van der Waals surface area contributed by atoms with E-state index in [1.165, 1.54) is 23.0 Å². The number of amides is 1. The number of rotatable bonds is 9. The van der Waals surface area contributed by atoms with Crippen molar-refractivity contribution in [1.82, 2.24) is 9.29 Å². The third kappa shape index (κ3) is 7.92. The van der Waals surface area contributed by atoms with Crippen LogP contribution in [0.1, 0.15) is 50.8 Å². The summed E-state index contributed by atoms with van der Waals surface area (Å²) in [6.45, 7) is 6.87. The lowest BCUT2D eigenvalue weighted by molar-refractivity contribution is -0.153. The second kappa shape index (κ2) is 12.2. The Kier molecular flexibility index (Phi) is 9.41. The van der Waals surface area contributed by atoms with Crippen molar-refractivity contribution in [2.45, 2.75) is 52.4 Å². The summed E-state index contributed by atoms with van der Waals surface area (Å²) in [5.74, 6) is -0.453. The summed E-state index contributed by atoms with van der Waals surface area (Å²) in [6.07, 6.45) is -1.51. The first kappa shape index (κ1) is 30.8. The summed E-state index contributed by atoms with van der Waals surface area (Å²) in [5.41, 5.74) is 4.95. The van der Waals surface area contributed by atoms with Crippen LogP contribution in [0.3, 0.4) is 0 Å². The summed E-state index contributed by atoms with van der Waals surface area (Å²) >= 11 is 0.646. The first-order chi connectivity index (χ1) is 18.6. The smallest absolute Gasteiger partial charge is 0.416 e. The molecule has 0 saturated carbocycles. The summed E-state index contributed by atoms with van der Waals surface area (Å²) < 4.78 is 55.1. The van der Waals surface area contributed by atoms with Gasteiger partial charge in [-0.05, 0) is 57.0 Å². The highest BCUT2D eigenvalue weighted by atomic mass is 32.2. The van der Waals surface area contributed by atoms with Crippen LogP contribution in [-0.4, -0.2) is 22.4 Å². The van der Waals surface area contributed by atoms with Crippen LogP contribution in [0, 0.1) is 10.8 Å². The number of nitrogen functional groups attached to an aromatic ring is 1. The molecular weight excluding hydrogens is 547 g/mol. The number of esters is 1.